The molecule has 11 heteroatoms. The van der Waals surface area contributed by atoms with Crippen molar-refractivity contribution in [1.29, 1.82) is 0 Å². The van der Waals surface area contributed by atoms with Gasteiger partial charge in [0.25, 0.3) is 21.6 Å². The quantitative estimate of drug-likeness (QED) is 0.404. The van der Waals surface area contributed by atoms with Crippen LogP contribution in [0.2, 0.25) is 5.02 Å². The Kier molecular flexibility index (Phi) is 6.23. The lowest BCUT2D eigenvalue weighted by molar-refractivity contribution is -0.385. The molecule has 31 heavy (non-hydrogen) atoms. The molecule has 0 aliphatic rings. The molecule has 3 rings (SSSR count). The highest BCUT2D eigenvalue weighted by atomic mass is 35.5. The molecule has 160 valence electrons. The number of nitro groups is 1. The number of hydrogen-bond donors (Lipinski definition) is 2. The molecule has 3 aromatic carbocycles. The van der Waals surface area contributed by atoms with Gasteiger partial charge < -0.3 is 5.32 Å². The normalized spacial score (nSPS) is 11.1. The van der Waals surface area contributed by atoms with Gasteiger partial charge in [0.15, 0.2) is 0 Å². The number of amides is 1. The second kappa shape index (κ2) is 8.70. The molecular weight excluding hydrogens is 449 g/mol. The number of nitrogens with zero attached hydrogens (tertiary/aromatic N) is 1. The van der Waals surface area contributed by atoms with E-state index in [0.717, 1.165) is 12.1 Å². The van der Waals surface area contributed by atoms with Crippen LogP contribution >= 0.6 is 11.6 Å². The van der Waals surface area contributed by atoms with Gasteiger partial charge in [0, 0.05) is 27.9 Å². The average Bonchev–Trinajstić information content (AvgIpc) is 2.70. The lowest BCUT2D eigenvalue weighted by Gasteiger charge is -2.10. The number of rotatable bonds is 6. The predicted octanol–water partition coefficient (Wildman–Crippen LogP) is 4.75. The van der Waals surface area contributed by atoms with Crippen molar-refractivity contribution in [1.82, 2.24) is 0 Å². The summed E-state index contributed by atoms with van der Waals surface area (Å²) in [4.78, 5) is 22.4. The minimum Gasteiger partial charge on any atom is -0.319 e. The van der Waals surface area contributed by atoms with Gasteiger partial charge in [0.2, 0.25) is 0 Å². The number of carbonyl (C=O) groups is 1. The van der Waals surface area contributed by atoms with Crippen molar-refractivity contribution in [2.45, 2.75) is 11.8 Å². The summed E-state index contributed by atoms with van der Waals surface area (Å²) in [5.41, 5.74) is 0.252. The van der Waals surface area contributed by atoms with Crippen LogP contribution < -0.4 is 10.0 Å². The third kappa shape index (κ3) is 5.16. The number of aryl methyl sites for hydroxylation is 1. The van der Waals surface area contributed by atoms with E-state index in [9.17, 15) is 27.7 Å². The Bertz CT molecular complexity index is 1280. The summed E-state index contributed by atoms with van der Waals surface area (Å²) in [6.45, 7) is 1.50. The van der Waals surface area contributed by atoms with Crippen LogP contribution in [0.25, 0.3) is 0 Å². The van der Waals surface area contributed by atoms with Crippen LogP contribution in [0.4, 0.5) is 21.5 Å². The van der Waals surface area contributed by atoms with Crippen LogP contribution in [0.3, 0.4) is 0 Å². The van der Waals surface area contributed by atoms with Gasteiger partial charge in [-0.25, -0.2) is 12.8 Å². The number of sulfonamides is 1. The second-order valence-electron chi connectivity index (χ2n) is 6.47. The van der Waals surface area contributed by atoms with Crippen molar-refractivity contribution >= 4 is 44.6 Å². The minimum absolute atomic E-state index is 0.0554. The van der Waals surface area contributed by atoms with E-state index >= 15 is 0 Å². The number of halogens is 2. The largest absolute Gasteiger partial charge is 0.319 e. The molecule has 1 amide bonds. The van der Waals surface area contributed by atoms with Gasteiger partial charge in [0.05, 0.1) is 15.5 Å². The standard InChI is InChI=1S/C20H15ClFN3O5S/c1-12-2-8-16(11-19(12)25(27)28)31(29,30)24-15-6-3-13(4-7-15)20(26)23-18-9-5-14(21)10-17(18)22/h2-11,24H,1H3,(H,23,26). The molecule has 0 fully saturated rings. The summed E-state index contributed by atoms with van der Waals surface area (Å²) >= 11 is 5.67. The van der Waals surface area contributed by atoms with Gasteiger partial charge in [-0.3, -0.25) is 19.6 Å². The molecule has 0 unspecified atom stereocenters. The summed E-state index contributed by atoms with van der Waals surface area (Å²) in [5, 5.41) is 13.6. The fourth-order valence-corrected chi connectivity index (χ4v) is 3.88. The van der Waals surface area contributed by atoms with Crippen LogP contribution in [0.1, 0.15) is 15.9 Å². The number of benzene rings is 3. The van der Waals surface area contributed by atoms with Crippen LogP contribution in [-0.2, 0) is 10.0 Å². The van der Waals surface area contributed by atoms with E-state index in [4.69, 9.17) is 11.6 Å². The van der Waals surface area contributed by atoms with Crippen molar-refractivity contribution in [3.05, 3.63) is 92.7 Å². The Morgan fingerprint density at radius 2 is 1.74 bits per heavy atom. The minimum atomic E-state index is -4.09. The fraction of sp³-hybridized carbons (Fsp3) is 0.0500. The molecule has 0 saturated heterocycles. The van der Waals surface area contributed by atoms with E-state index in [0.29, 0.717) is 5.56 Å². The van der Waals surface area contributed by atoms with E-state index in [2.05, 4.69) is 10.0 Å². The van der Waals surface area contributed by atoms with Gasteiger partial charge >= 0.3 is 0 Å². The van der Waals surface area contributed by atoms with Crippen LogP contribution in [-0.4, -0.2) is 19.2 Å². The Labute approximate surface area is 181 Å². The lowest BCUT2D eigenvalue weighted by atomic mass is 10.2. The zero-order valence-electron chi connectivity index (χ0n) is 15.9. The monoisotopic (exact) mass is 463 g/mol. The van der Waals surface area contributed by atoms with Crippen LogP contribution in [0.15, 0.2) is 65.6 Å². The molecule has 0 saturated carbocycles. The van der Waals surface area contributed by atoms with Crippen molar-refractivity contribution in [2.24, 2.45) is 0 Å². The number of nitro benzene ring substituents is 1. The van der Waals surface area contributed by atoms with E-state index in [1.807, 2.05) is 0 Å². The van der Waals surface area contributed by atoms with E-state index < -0.39 is 26.7 Å². The van der Waals surface area contributed by atoms with Crippen molar-refractivity contribution in [3.63, 3.8) is 0 Å². The van der Waals surface area contributed by atoms with Crippen molar-refractivity contribution < 1.29 is 22.5 Å². The Hall–Kier alpha value is -3.50. The first-order valence-corrected chi connectivity index (χ1v) is 10.6. The SMILES string of the molecule is Cc1ccc(S(=O)(=O)Nc2ccc(C(=O)Nc3ccc(Cl)cc3F)cc2)cc1[N+](=O)[O-]. The van der Waals surface area contributed by atoms with E-state index in [-0.39, 0.29) is 32.5 Å². The van der Waals surface area contributed by atoms with Gasteiger partial charge in [-0.1, -0.05) is 17.7 Å². The highest BCUT2D eigenvalue weighted by Gasteiger charge is 2.20. The van der Waals surface area contributed by atoms with Crippen LogP contribution in [0.5, 0.6) is 0 Å². The first-order valence-electron chi connectivity index (χ1n) is 8.71. The van der Waals surface area contributed by atoms with Gasteiger partial charge in [-0.2, -0.15) is 0 Å². The molecule has 0 aliphatic heterocycles. The zero-order valence-corrected chi connectivity index (χ0v) is 17.5. The Morgan fingerprint density at radius 1 is 1.06 bits per heavy atom. The maximum Gasteiger partial charge on any atom is 0.273 e. The highest BCUT2D eigenvalue weighted by Crippen LogP contribution is 2.24. The lowest BCUT2D eigenvalue weighted by Crippen LogP contribution is -2.15. The summed E-state index contributed by atoms with van der Waals surface area (Å²) in [6.07, 6.45) is 0. The first kappa shape index (κ1) is 22.2. The number of nitrogens with one attached hydrogen (secondary N) is 2. The summed E-state index contributed by atoms with van der Waals surface area (Å²) in [7, 11) is -4.09. The molecule has 0 aliphatic carbocycles. The van der Waals surface area contributed by atoms with E-state index in [1.165, 1.54) is 55.5 Å². The summed E-state index contributed by atoms with van der Waals surface area (Å²) in [5.74, 6) is -1.30. The van der Waals surface area contributed by atoms with Crippen molar-refractivity contribution in [3.8, 4) is 0 Å². The molecule has 3 aromatic rings. The second-order valence-corrected chi connectivity index (χ2v) is 8.59. The molecule has 0 atom stereocenters. The predicted molar refractivity (Wildman–Crippen MR) is 114 cm³/mol. The van der Waals surface area contributed by atoms with Gasteiger partial charge in [0.1, 0.15) is 5.82 Å². The van der Waals surface area contributed by atoms with Crippen LogP contribution in [0, 0.1) is 22.9 Å². The zero-order chi connectivity index (χ0) is 22.8. The third-order valence-corrected chi connectivity index (χ3v) is 5.88. The molecule has 0 spiro atoms. The Balaban J connectivity index is 1.76. The number of carbonyl (C=O) groups excluding carboxylic acids is 1. The third-order valence-electron chi connectivity index (χ3n) is 4.27. The molecule has 0 heterocycles. The van der Waals surface area contributed by atoms with Gasteiger partial charge in [-0.05, 0) is 55.5 Å². The van der Waals surface area contributed by atoms with Gasteiger partial charge in [-0.15, -0.1) is 0 Å². The topological polar surface area (TPSA) is 118 Å². The number of anilines is 2. The summed E-state index contributed by atoms with van der Waals surface area (Å²) in [6, 6.07) is 12.7. The molecular formula is C20H15ClFN3O5S. The highest BCUT2D eigenvalue weighted by molar-refractivity contribution is 7.92. The molecule has 2 N–H and O–H groups in total. The molecule has 8 nitrogen and oxygen atoms in total. The number of hydrogen-bond acceptors (Lipinski definition) is 5. The molecule has 0 bridgehead atoms. The van der Waals surface area contributed by atoms with Crippen molar-refractivity contribution in [2.75, 3.05) is 10.0 Å². The fourth-order valence-electron chi connectivity index (χ4n) is 2.64. The average molecular weight is 464 g/mol. The maximum absolute atomic E-state index is 13.8. The first-order chi connectivity index (χ1) is 14.6. The Morgan fingerprint density at radius 3 is 2.35 bits per heavy atom. The summed E-state index contributed by atoms with van der Waals surface area (Å²) < 4.78 is 41.2. The molecule has 0 aromatic heterocycles. The smallest absolute Gasteiger partial charge is 0.273 e. The molecule has 0 radical (unpaired) electrons. The maximum atomic E-state index is 13.8. The van der Waals surface area contributed by atoms with E-state index in [1.54, 1.807) is 0 Å².